The summed E-state index contributed by atoms with van der Waals surface area (Å²) in [5.74, 6) is -0.225. The largest absolute Gasteiger partial charge is 0.387 e. The van der Waals surface area contributed by atoms with E-state index < -0.39 is 12.1 Å². The third kappa shape index (κ3) is 4.07. The predicted molar refractivity (Wildman–Crippen MR) is 84.4 cm³/mol. The maximum absolute atomic E-state index is 12.2. The maximum atomic E-state index is 12.2. The fourth-order valence-corrected chi connectivity index (χ4v) is 2.37. The number of benzene rings is 1. The summed E-state index contributed by atoms with van der Waals surface area (Å²) in [6, 6.07) is 6.42. The molecule has 0 fully saturated rings. The predicted octanol–water partition coefficient (Wildman–Crippen LogP) is 1.18. The van der Waals surface area contributed by atoms with Gasteiger partial charge in [-0.05, 0) is 24.7 Å². The molecule has 6 nitrogen and oxygen atoms in total. The first kappa shape index (κ1) is 16.5. The topological polar surface area (TPSA) is 79.2 Å². The van der Waals surface area contributed by atoms with E-state index in [-0.39, 0.29) is 12.5 Å². The highest BCUT2D eigenvalue weighted by Gasteiger charge is 2.20. The maximum Gasteiger partial charge on any atom is 0.241 e. The van der Waals surface area contributed by atoms with Crippen molar-refractivity contribution in [3.05, 3.63) is 52.8 Å². The smallest absolute Gasteiger partial charge is 0.241 e. The van der Waals surface area contributed by atoms with Crippen molar-refractivity contribution in [1.29, 1.82) is 0 Å². The Kier molecular flexibility index (Phi) is 5.54. The van der Waals surface area contributed by atoms with Crippen molar-refractivity contribution >= 4 is 17.5 Å². The highest BCUT2D eigenvalue weighted by Crippen LogP contribution is 2.17. The van der Waals surface area contributed by atoms with E-state index in [9.17, 15) is 9.90 Å². The van der Waals surface area contributed by atoms with Crippen molar-refractivity contribution in [1.82, 2.24) is 20.4 Å². The third-order valence-corrected chi connectivity index (χ3v) is 3.55. The van der Waals surface area contributed by atoms with Crippen LogP contribution in [0.1, 0.15) is 23.3 Å². The molecule has 1 aromatic heterocycles. The van der Waals surface area contributed by atoms with Crippen LogP contribution < -0.4 is 10.6 Å². The van der Waals surface area contributed by atoms with Gasteiger partial charge in [-0.2, -0.15) is 5.10 Å². The van der Waals surface area contributed by atoms with Gasteiger partial charge >= 0.3 is 0 Å². The van der Waals surface area contributed by atoms with Crippen molar-refractivity contribution in [2.75, 3.05) is 13.6 Å². The number of hydrogen-bond acceptors (Lipinski definition) is 4. The van der Waals surface area contributed by atoms with E-state index in [1.807, 2.05) is 0 Å². The van der Waals surface area contributed by atoms with Crippen molar-refractivity contribution in [3.63, 3.8) is 0 Å². The summed E-state index contributed by atoms with van der Waals surface area (Å²) in [5.41, 5.74) is 1.43. The summed E-state index contributed by atoms with van der Waals surface area (Å²) in [6.07, 6.45) is 2.59. The molecular formula is C15H19ClN4O2. The van der Waals surface area contributed by atoms with Crippen LogP contribution >= 0.6 is 11.6 Å². The zero-order valence-corrected chi connectivity index (χ0v) is 13.2. The first-order chi connectivity index (χ1) is 10.5. The van der Waals surface area contributed by atoms with Gasteiger partial charge in [0.25, 0.3) is 0 Å². The fraction of sp³-hybridized carbons (Fsp3) is 0.333. The highest BCUT2D eigenvalue weighted by molar-refractivity contribution is 6.30. The molecule has 2 aromatic rings. The van der Waals surface area contributed by atoms with Crippen LogP contribution in [0.3, 0.4) is 0 Å². The summed E-state index contributed by atoms with van der Waals surface area (Å²) in [5, 5.41) is 20.4. The van der Waals surface area contributed by atoms with Crippen LogP contribution in [0.2, 0.25) is 5.02 Å². The van der Waals surface area contributed by atoms with E-state index >= 15 is 0 Å². The van der Waals surface area contributed by atoms with Crippen LogP contribution in [0.4, 0.5) is 0 Å². The molecule has 0 aliphatic heterocycles. The molecule has 0 bridgehead atoms. The lowest BCUT2D eigenvalue weighted by Gasteiger charge is -2.17. The molecule has 0 aliphatic carbocycles. The first-order valence-electron chi connectivity index (χ1n) is 6.88. The molecule has 0 aliphatic rings. The second-order valence-corrected chi connectivity index (χ2v) is 5.42. The van der Waals surface area contributed by atoms with Crippen LogP contribution in [0.5, 0.6) is 0 Å². The van der Waals surface area contributed by atoms with Crippen molar-refractivity contribution in [3.8, 4) is 0 Å². The van der Waals surface area contributed by atoms with Gasteiger partial charge in [-0.15, -0.1) is 0 Å². The normalized spacial score (nSPS) is 13.6. The fourth-order valence-electron chi connectivity index (χ4n) is 2.17. The molecule has 2 atom stereocenters. The number of amides is 1. The Morgan fingerprint density at radius 3 is 2.82 bits per heavy atom. The number of carbonyl (C=O) groups is 1. The number of aryl methyl sites for hydroxylation is 1. The molecule has 7 heteroatoms. The molecular weight excluding hydrogens is 304 g/mol. The van der Waals surface area contributed by atoms with Gasteiger partial charge in [0.1, 0.15) is 6.04 Å². The molecule has 1 heterocycles. The van der Waals surface area contributed by atoms with Crippen LogP contribution in [0.25, 0.3) is 0 Å². The standard InChI is InChI=1S/C15H19ClN4O2/c1-17-14(11-7-19-20(2)9-11)15(22)18-8-13(21)10-4-3-5-12(16)6-10/h3-7,9,13-14,17,21H,8H2,1-2H3,(H,18,22). The summed E-state index contributed by atoms with van der Waals surface area (Å²) in [6.45, 7) is 0.109. The zero-order valence-electron chi connectivity index (χ0n) is 12.5. The van der Waals surface area contributed by atoms with Crippen molar-refractivity contribution in [2.24, 2.45) is 7.05 Å². The number of carbonyl (C=O) groups excluding carboxylic acids is 1. The van der Waals surface area contributed by atoms with Crippen molar-refractivity contribution < 1.29 is 9.90 Å². The molecule has 0 spiro atoms. The lowest BCUT2D eigenvalue weighted by molar-refractivity contribution is -0.123. The number of rotatable bonds is 6. The van der Waals surface area contributed by atoms with Crippen LogP contribution in [0, 0.1) is 0 Å². The number of aromatic nitrogens is 2. The molecule has 22 heavy (non-hydrogen) atoms. The van der Waals surface area contributed by atoms with E-state index in [1.54, 1.807) is 55.4 Å². The van der Waals surface area contributed by atoms with Gasteiger partial charge in [0.05, 0.1) is 12.3 Å². The number of halogens is 1. The van der Waals surface area contributed by atoms with E-state index in [2.05, 4.69) is 15.7 Å². The monoisotopic (exact) mass is 322 g/mol. The summed E-state index contributed by atoms with van der Waals surface area (Å²) < 4.78 is 1.63. The Hall–Kier alpha value is -1.89. The molecule has 2 unspecified atom stereocenters. The lowest BCUT2D eigenvalue weighted by Crippen LogP contribution is -2.37. The molecule has 0 saturated carbocycles. The van der Waals surface area contributed by atoms with Gasteiger partial charge in [-0.1, -0.05) is 23.7 Å². The number of likely N-dealkylation sites (N-methyl/N-ethyl adjacent to an activating group) is 1. The minimum atomic E-state index is -0.811. The summed E-state index contributed by atoms with van der Waals surface area (Å²) in [7, 11) is 3.49. The molecule has 118 valence electrons. The Balaban J connectivity index is 1.96. The first-order valence-corrected chi connectivity index (χ1v) is 7.26. The molecule has 2 rings (SSSR count). The van der Waals surface area contributed by atoms with E-state index in [0.29, 0.717) is 10.6 Å². The zero-order chi connectivity index (χ0) is 16.1. The Morgan fingerprint density at radius 1 is 1.45 bits per heavy atom. The highest BCUT2D eigenvalue weighted by atomic mass is 35.5. The number of aliphatic hydroxyl groups is 1. The SMILES string of the molecule is CNC(C(=O)NCC(O)c1cccc(Cl)c1)c1cnn(C)c1. The van der Waals surface area contributed by atoms with Crippen LogP contribution in [-0.2, 0) is 11.8 Å². The number of nitrogens with one attached hydrogen (secondary N) is 2. The average Bonchev–Trinajstić information content (AvgIpc) is 2.91. The third-order valence-electron chi connectivity index (χ3n) is 3.31. The second-order valence-electron chi connectivity index (χ2n) is 4.98. The van der Waals surface area contributed by atoms with E-state index in [0.717, 1.165) is 5.56 Å². The Morgan fingerprint density at radius 2 is 2.23 bits per heavy atom. The van der Waals surface area contributed by atoms with Crippen molar-refractivity contribution in [2.45, 2.75) is 12.1 Å². The van der Waals surface area contributed by atoms with Crippen LogP contribution in [0.15, 0.2) is 36.7 Å². The van der Waals surface area contributed by atoms with Gasteiger partial charge < -0.3 is 15.7 Å². The summed E-state index contributed by atoms with van der Waals surface area (Å²) >= 11 is 5.89. The minimum absolute atomic E-state index is 0.109. The summed E-state index contributed by atoms with van der Waals surface area (Å²) in [4.78, 5) is 12.2. The van der Waals surface area contributed by atoms with E-state index in [1.165, 1.54) is 0 Å². The number of nitrogens with zero attached hydrogens (tertiary/aromatic N) is 2. The molecule has 1 aromatic carbocycles. The van der Waals surface area contributed by atoms with Gasteiger partial charge in [0.2, 0.25) is 5.91 Å². The Labute approximate surface area is 134 Å². The average molecular weight is 323 g/mol. The second kappa shape index (κ2) is 7.40. The van der Waals surface area contributed by atoms with Gasteiger partial charge in [-0.3, -0.25) is 9.48 Å². The van der Waals surface area contributed by atoms with E-state index in [4.69, 9.17) is 11.6 Å². The molecule has 0 radical (unpaired) electrons. The van der Waals surface area contributed by atoms with Crippen LogP contribution in [-0.4, -0.2) is 34.4 Å². The minimum Gasteiger partial charge on any atom is -0.387 e. The number of hydrogen-bond donors (Lipinski definition) is 3. The Bertz CT molecular complexity index is 644. The van der Waals surface area contributed by atoms with Gasteiger partial charge in [-0.25, -0.2) is 0 Å². The molecule has 1 amide bonds. The van der Waals surface area contributed by atoms with Gasteiger partial charge in [0.15, 0.2) is 0 Å². The molecule has 3 N–H and O–H groups in total. The quantitative estimate of drug-likeness (QED) is 0.746. The van der Waals surface area contributed by atoms with Gasteiger partial charge in [0, 0.05) is 30.4 Å². The lowest BCUT2D eigenvalue weighted by atomic mass is 10.1. The number of aliphatic hydroxyl groups excluding tert-OH is 1. The molecule has 0 saturated heterocycles.